The van der Waals surface area contributed by atoms with Crippen LogP contribution < -0.4 is 4.90 Å². The monoisotopic (exact) mass is 809 g/mol. The van der Waals surface area contributed by atoms with E-state index in [1.54, 1.807) is 0 Å². The zero-order valence-corrected chi connectivity index (χ0v) is 35.1. The fraction of sp³-hybridized carbons (Fsp3) is 0.0508. The van der Waals surface area contributed by atoms with Gasteiger partial charge in [0, 0.05) is 47.6 Å². The summed E-state index contributed by atoms with van der Waals surface area (Å²) in [5.41, 5.74) is 14.8. The predicted octanol–water partition coefficient (Wildman–Crippen LogP) is 17.4. The highest BCUT2D eigenvalue weighted by Crippen LogP contribution is 2.53. The van der Waals surface area contributed by atoms with Crippen LogP contribution in [0, 0.1) is 0 Å². The maximum Gasteiger partial charge on any atom is 0.145 e. The molecule has 0 spiro atoms. The molecule has 1 aliphatic rings. The predicted molar refractivity (Wildman–Crippen MR) is 265 cm³/mol. The van der Waals surface area contributed by atoms with Crippen molar-refractivity contribution in [1.29, 1.82) is 0 Å². The second-order valence-electron chi connectivity index (χ2n) is 17.2. The summed E-state index contributed by atoms with van der Waals surface area (Å²) in [6.07, 6.45) is 0. The van der Waals surface area contributed by atoms with Gasteiger partial charge in [-0.2, -0.15) is 0 Å². The molecule has 0 saturated carbocycles. The molecule has 0 fully saturated rings. The molecule has 292 valence electrons. The number of benzene rings is 10. The van der Waals surface area contributed by atoms with E-state index in [1.807, 2.05) is 11.3 Å². The van der Waals surface area contributed by atoms with Gasteiger partial charge in [0.25, 0.3) is 0 Å². The van der Waals surface area contributed by atoms with Crippen LogP contribution in [0.2, 0.25) is 0 Å². The number of hydrogen-bond donors (Lipinski definition) is 0. The summed E-state index contributed by atoms with van der Waals surface area (Å²) in [6, 6.07) is 73.7. The molecule has 12 aromatic rings. The first-order valence-corrected chi connectivity index (χ1v) is 22.2. The standard InChI is InChI=1S/C59H39NOS/c1-59(2)50-24-12-9-20-43(50)44-30-28-38(35-51(44)59)60(53-33-36-15-3-4-16-39(36)41-18-7-8-21-45(41)53)52-32-31-48(58-57(52)49-23-10-13-25-54(49)61-58)42-19-6-5-17-40(42)37-27-29-47-46-22-11-14-26-55(46)62-56(47)34-37/h3-35H,1-2H3. The van der Waals surface area contributed by atoms with Crippen LogP contribution in [0.5, 0.6) is 0 Å². The summed E-state index contributed by atoms with van der Waals surface area (Å²) in [5.74, 6) is 0. The Morgan fingerprint density at radius 3 is 1.94 bits per heavy atom. The molecule has 0 bridgehead atoms. The SMILES string of the molecule is CC1(C)c2ccccc2-c2ccc(N(c3cc4ccccc4c4ccccc34)c3ccc(-c4ccccc4-c4ccc5c(c4)sc4ccccc45)c4oc5ccccc5c34)cc21. The molecule has 3 heteroatoms. The normalized spacial score (nSPS) is 13.1. The van der Waals surface area contributed by atoms with E-state index in [-0.39, 0.29) is 5.41 Å². The van der Waals surface area contributed by atoms with Crippen molar-refractivity contribution in [2.45, 2.75) is 19.3 Å². The molecule has 0 unspecified atom stereocenters. The zero-order chi connectivity index (χ0) is 41.1. The third-order valence-electron chi connectivity index (χ3n) is 13.5. The number of para-hydroxylation sites is 1. The summed E-state index contributed by atoms with van der Waals surface area (Å²) >= 11 is 1.86. The number of fused-ring (bicyclic) bond motifs is 12. The van der Waals surface area contributed by atoms with E-state index in [0.29, 0.717) is 0 Å². The highest BCUT2D eigenvalue weighted by atomic mass is 32.1. The molecule has 1 aliphatic carbocycles. The van der Waals surface area contributed by atoms with Crippen molar-refractivity contribution in [3.05, 3.63) is 211 Å². The van der Waals surface area contributed by atoms with E-state index in [4.69, 9.17) is 4.42 Å². The van der Waals surface area contributed by atoms with Gasteiger partial charge in [0.15, 0.2) is 0 Å². The van der Waals surface area contributed by atoms with Crippen LogP contribution in [0.25, 0.3) is 97.0 Å². The lowest BCUT2D eigenvalue weighted by Crippen LogP contribution is -2.17. The maximum atomic E-state index is 7.08. The second-order valence-corrected chi connectivity index (χ2v) is 18.3. The summed E-state index contributed by atoms with van der Waals surface area (Å²) in [7, 11) is 0. The molecular formula is C59H39NOS. The van der Waals surface area contributed by atoms with Crippen molar-refractivity contribution in [3.8, 4) is 33.4 Å². The summed E-state index contributed by atoms with van der Waals surface area (Å²) in [4.78, 5) is 2.50. The fourth-order valence-corrected chi connectivity index (χ4v) is 11.7. The lowest BCUT2D eigenvalue weighted by atomic mass is 9.82. The number of furan rings is 1. The Hall–Kier alpha value is -7.46. The Labute approximate surface area is 363 Å². The van der Waals surface area contributed by atoms with Crippen molar-refractivity contribution in [3.63, 3.8) is 0 Å². The molecule has 2 nitrogen and oxygen atoms in total. The zero-order valence-electron chi connectivity index (χ0n) is 34.3. The van der Waals surface area contributed by atoms with Crippen molar-refractivity contribution < 1.29 is 4.42 Å². The van der Waals surface area contributed by atoms with Crippen LogP contribution in [-0.2, 0) is 5.41 Å². The Balaban J connectivity index is 1.09. The first-order valence-electron chi connectivity index (χ1n) is 21.4. The van der Waals surface area contributed by atoms with Crippen molar-refractivity contribution in [2.75, 3.05) is 4.90 Å². The summed E-state index contributed by atoms with van der Waals surface area (Å²) < 4.78 is 9.69. The largest absolute Gasteiger partial charge is 0.455 e. The van der Waals surface area contributed by atoms with Crippen LogP contribution in [-0.4, -0.2) is 0 Å². The van der Waals surface area contributed by atoms with Gasteiger partial charge in [0.05, 0.1) is 16.8 Å². The van der Waals surface area contributed by atoms with Crippen LogP contribution in [0.1, 0.15) is 25.0 Å². The topological polar surface area (TPSA) is 16.4 Å². The van der Waals surface area contributed by atoms with Crippen molar-refractivity contribution >= 4 is 92.1 Å². The third kappa shape index (κ3) is 5.09. The number of rotatable bonds is 5. The first kappa shape index (κ1) is 35.3. The molecule has 13 rings (SSSR count). The minimum Gasteiger partial charge on any atom is -0.455 e. The molecule has 0 aliphatic heterocycles. The van der Waals surface area contributed by atoms with Crippen LogP contribution in [0.15, 0.2) is 205 Å². The fourth-order valence-electron chi connectivity index (χ4n) is 10.5. The highest BCUT2D eigenvalue weighted by molar-refractivity contribution is 7.25. The molecule has 0 radical (unpaired) electrons. The van der Waals surface area contributed by atoms with E-state index in [9.17, 15) is 0 Å². The van der Waals surface area contributed by atoms with Crippen LogP contribution in [0.3, 0.4) is 0 Å². The molecule has 0 saturated heterocycles. The van der Waals surface area contributed by atoms with Gasteiger partial charge in [-0.3, -0.25) is 0 Å². The molecule has 0 amide bonds. The molecule has 0 atom stereocenters. The van der Waals surface area contributed by atoms with Gasteiger partial charge in [0.1, 0.15) is 11.2 Å². The molecular weight excluding hydrogens is 771 g/mol. The quantitative estimate of drug-likeness (QED) is 0.161. The van der Waals surface area contributed by atoms with E-state index in [1.165, 1.54) is 75.1 Å². The minimum absolute atomic E-state index is 0.164. The van der Waals surface area contributed by atoms with Crippen LogP contribution >= 0.6 is 11.3 Å². The van der Waals surface area contributed by atoms with Crippen molar-refractivity contribution in [2.24, 2.45) is 0 Å². The average molecular weight is 810 g/mol. The average Bonchev–Trinajstić information content (AvgIpc) is 3.97. The third-order valence-corrected chi connectivity index (χ3v) is 14.6. The molecule has 2 heterocycles. The Morgan fingerprint density at radius 2 is 1.06 bits per heavy atom. The van der Waals surface area contributed by atoms with Crippen molar-refractivity contribution in [1.82, 2.24) is 0 Å². The highest BCUT2D eigenvalue weighted by Gasteiger charge is 2.36. The molecule has 0 N–H and O–H groups in total. The van der Waals surface area contributed by atoms with E-state index >= 15 is 0 Å². The summed E-state index contributed by atoms with van der Waals surface area (Å²) in [5, 5.41) is 9.67. The number of thiophene rings is 1. The first-order chi connectivity index (χ1) is 30.5. The molecule has 2 aromatic heterocycles. The number of nitrogens with zero attached hydrogens (tertiary/aromatic N) is 1. The lowest BCUT2D eigenvalue weighted by Gasteiger charge is -2.30. The van der Waals surface area contributed by atoms with Gasteiger partial charge in [-0.1, -0.05) is 166 Å². The number of anilines is 3. The van der Waals surface area contributed by atoms with Gasteiger partial charge >= 0.3 is 0 Å². The lowest BCUT2D eigenvalue weighted by molar-refractivity contribution is 0.660. The maximum absolute atomic E-state index is 7.08. The van der Waals surface area contributed by atoms with Gasteiger partial charge < -0.3 is 9.32 Å². The summed E-state index contributed by atoms with van der Waals surface area (Å²) in [6.45, 7) is 4.73. The van der Waals surface area contributed by atoms with Gasteiger partial charge in [-0.05, 0) is 104 Å². The molecule has 62 heavy (non-hydrogen) atoms. The Morgan fingerprint density at radius 1 is 0.419 bits per heavy atom. The Bertz CT molecular complexity index is 3810. The van der Waals surface area contributed by atoms with Gasteiger partial charge in [0.2, 0.25) is 0 Å². The number of hydrogen-bond acceptors (Lipinski definition) is 3. The smallest absolute Gasteiger partial charge is 0.145 e. The van der Waals surface area contributed by atoms with E-state index < -0.39 is 0 Å². The van der Waals surface area contributed by atoms with Gasteiger partial charge in [-0.15, -0.1) is 11.3 Å². The second kappa shape index (κ2) is 13.3. The Kier molecular flexibility index (Phi) is 7.56. The van der Waals surface area contributed by atoms with Crippen LogP contribution in [0.4, 0.5) is 17.1 Å². The van der Waals surface area contributed by atoms with Gasteiger partial charge in [-0.25, -0.2) is 0 Å². The van der Waals surface area contributed by atoms with E-state index in [2.05, 4.69) is 219 Å². The van der Waals surface area contributed by atoms with E-state index in [0.717, 1.165) is 50.1 Å². The molecule has 10 aromatic carbocycles. The minimum atomic E-state index is -0.164.